The van der Waals surface area contributed by atoms with Crippen LogP contribution in [0, 0.1) is 5.92 Å². The van der Waals surface area contributed by atoms with Crippen molar-refractivity contribution in [1.29, 1.82) is 0 Å². The van der Waals surface area contributed by atoms with E-state index in [1.165, 1.54) is 4.68 Å². The number of carbonyl (C=O) groups excluding carboxylic acids is 1. The molecular formula is C19H20F3N5O. The number of hydrogen-bond acceptors (Lipinski definition) is 5. The van der Waals surface area contributed by atoms with Crippen LogP contribution in [0.15, 0.2) is 35.5 Å². The number of nitrogens with one attached hydrogen (secondary N) is 1. The van der Waals surface area contributed by atoms with Crippen LogP contribution in [-0.4, -0.2) is 34.6 Å². The van der Waals surface area contributed by atoms with E-state index in [1.54, 1.807) is 0 Å². The van der Waals surface area contributed by atoms with Crippen LogP contribution in [-0.2, 0) is 11.0 Å². The van der Waals surface area contributed by atoms with E-state index in [2.05, 4.69) is 15.4 Å². The van der Waals surface area contributed by atoms with Crippen LogP contribution in [0.2, 0.25) is 0 Å². The Bertz CT molecular complexity index is 959. The number of benzene rings is 1. The molecule has 4 rings (SSSR count). The normalized spacial score (nSPS) is 21.9. The predicted octanol–water partition coefficient (Wildman–Crippen LogP) is 3.63. The van der Waals surface area contributed by atoms with Gasteiger partial charge in [0.1, 0.15) is 6.04 Å². The second-order valence-electron chi connectivity index (χ2n) is 7.54. The molecule has 0 fully saturated rings. The second kappa shape index (κ2) is 6.35. The van der Waals surface area contributed by atoms with Gasteiger partial charge in [0.15, 0.2) is 5.78 Å². The highest BCUT2D eigenvalue weighted by Gasteiger charge is 2.42. The molecule has 0 radical (unpaired) electrons. The highest BCUT2D eigenvalue weighted by atomic mass is 19.4. The van der Waals surface area contributed by atoms with Gasteiger partial charge in [0.25, 0.3) is 5.82 Å². The largest absolute Gasteiger partial charge is 0.453 e. The van der Waals surface area contributed by atoms with Crippen molar-refractivity contribution in [3.8, 4) is 0 Å². The van der Waals surface area contributed by atoms with Gasteiger partial charge in [0.05, 0.1) is 0 Å². The molecule has 0 spiro atoms. The Morgan fingerprint density at radius 1 is 1.18 bits per heavy atom. The first-order valence-electron chi connectivity index (χ1n) is 8.99. The van der Waals surface area contributed by atoms with Gasteiger partial charge in [0, 0.05) is 37.5 Å². The maximum atomic E-state index is 13.2. The van der Waals surface area contributed by atoms with Crippen LogP contribution in [0.3, 0.4) is 0 Å². The van der Waals surface area contributed by atoms with Crippen LogP contribution in [0.1, 0.15) is 37.2 Å². The summed E-state index contributed by atoms with van der Waals surface area (Å²) in [6.07, 6.45) is -3.71. The molecule has 1 aliphatic heterocycles. The molecule has 1 aromatic carbocycles. The first-order chi connectivity index (χ1) is 13.1. The Balaban J connectivity index is 1.87. The molecule has 2 aromatic rings. The van der Waals surface area contributed by atoms with Crippen LogP contribution >= 0.6 is 0 Å². The number of aromatic nitrogens is 3. The third-order valence-electron chi connectivity index (χ3n) is 5.10. The first kappa shape index (κ1) is 18.5. The summed E-state index contributed by atoms with van der Waals surface area (Å²) in [5.74, 6) is -1.16. The van der Waals surface area contributed by atoms with Gasteiger partial charge in [-0.1, -0.05) is 19.1 Å². The van der Waals surface area contributed by atoms with Gasteiger partial charge in [0.2, 0.25) is 5.95 Å². The molecule has 9 heteroatoms. The summed E-state index contributed by atoms with van der Waals surface area (Å²) in [4.78, 5) is 18.4. The maximum Gasteiger partial charge on any atom is 0.453 e. The van der Waals surface area contributed by atoms with Crippen molar-refractivity contribution in [2.75, 3.05) is 24.3 Å². The molecule has 148 valence electrons. The van der Waals surface area contributed by atoms with E-state index in [0.717, 1.165) is 5.69 Å². The van der Waals surface area contributed by atoms with E-state index >= 15 is 0 Å². The maximum absolute atomic E-state index is 13.2. The third-order valence-corrected chi connectivity index (χ3v) is 5.10. The average molecular weight is 391 g/mol. The van der Waals surface area contributed by atoms with Gasteiger partial charge in [-0.2, -0.15) is 18.2 Å². The number of anilines is 2. The van der Waals surface area contributed by atoms with Crippen molar-refractivity contribution >= 4 is 17.4 Å². The van der Waals surface area contributed by atoms with E-state index < -0.39 is 18.0 Å². The van der Waals surface area contributed by atoms with E-state index in [-0.39, 0.29) is 17.6 Å². The average Bonchev–Trinajstić information content (AvgIpc) is 3.03. The summed E-state index contributed by atoms with van der Waals surface area (Å²) in [6.45, 7) is 1.95. The fourth-order valence-corrected chi connectivity index (χ4v) is 3.79. The minimum Gasteiger partial charge on any atom is -0.378 e. The van der Waals surface area contributed by atoms with Crippen molar-refractivity contribution in [2.45, 2.75) is 32.0 Å². The van der Waals surface area contributed by atoms with Crippen LogP contribution in [0.5, 0.6) is 0 Å². The van der Waals surface area contributed by atoms with Crippen molar-refractivity contribution in [2.24, 2.45) is 5.92 Å². The number of allylic oxidation sites excluding steroid dienone is 2. The summed E-state index contributed by atoms with van der Waals surface area (Å²) >= 11 is 0. The molecule has 0 unspecified atom stereocenters. The molecular weight excluding hydrogens is 371 g/mol. The lowest BCUT2D eigenvalue weighted by atomic mass is 9.81. The zero-order valence-corrected chi connectivity index (χ0v) is 15.7. The number of hydrogen-bond donors (Lipinski definition) is 1. The Morgan fingerprint density at radius 2 is 1.86 bits per heavy atom. The van der Waals surface area contributed by atoms with Gasteiger partial charge in [-0.05, 0) is 30.0 Å². The minimum absolute atomic E-state index is 0.00895. The number of fused-ring (bicyclic) bond motifs is 1. The lowest BCUT2D eigenvalue weighted by Gasteiger charge is -2.34. The quantitative estimate of drug-likeness (QED) is 0.847. The smallest absolute Gasteiger partial charge is 0.378 e. The summed E-state index contributed by atoms with van der Waals surface area (Å²) in [7, 11) is 3.80. The fraction of sp³-hybridized carbons (Fsp3) is 0.421. The van der Waals surface area contributed by atoms with Crippen molar-refractivity contribution < 1.29 is 18.0 Å². The first-order valence-corrected chi connectivity index (χ1v) is 8.99. The molecule has 0 saturated carbocycles. The monoisotopic (exact) mass is 391 g/mol. The molecule has 1 aromatic heterocycles. The Hall–Kier alpha value is -2.84. The SMILES string of the molecule is C[C@H]1CC(=O)C2=C(C1)Nc1nc(C(F)(F)F)nn1[C@@H]2c1ccc(N(C)C)cc1. The number of rotatable bonds is 2. The van der Waals surface area contributed by atoms with E-state index in [0.29, 0.717) is 29.7 Å². The summed E-state index contributed by atoms with van der Waals surface area (Å²) < 4.78 is 40.8. The highest BCUT2D eigenvalue weighted by molar-refractivity contribution is 5.99. The van der Waals surface area contributed by atoms with E-state index in [9.17, 15) is 18.0 Å². The summed E-state index contributed by atoms with van der Waals surface area (Å²) in [6, 6.07) is 6.65. The molecule has 28 heavy (non-hydrogen) atoms. The molecule has 0 amide bonds. The Kier molecular flexibility index (Phi) is 4.20. The van der Waals surface area contributed by atoms with Gasteiger partial charge in [-0.25, -0.2) is 4.68 Å². The van der Waals surface area contributed by atoms with Crippen LogP contribution < -0.4 is 10.2 Å². The number of halogens is 3. The van der Waals surface area contributed by atoms with Crippen molar-refractivity contribution in [3.63, 3.8) is 0 Å². The van der Waals surface area contributed by atoms with Gasteiger partial charge < -0.3 is 10.2 Å². The van der Waals surface area contributed by atoms with Crippen LogP contribution in [0.4, 0.5) is 24.8 Å². The van der Waals surface area contributed by atoms with Crippen LogP contribution in [0.25, 0.3) is 0 Å². The van der Waals surface area contributed by atoms with E-state index in [1.807, 2.05) is 50.2 Å². The van der Waals surface area contributed by atoms with Gasteiger partial charge in [-0.15, -0.1) is 5.10 Å². The molecule has 2 atom stereocenters. The molecule has 0 saturated heterocycles. The predicted molar refractivity (Wildman–Crippen MR) is 98.0 cm³/mol. The fourth-order valence-electron chi connectivity index (χ4n) is 3.79. The molecule has 2 heterocycles. The minimum atomic E-state index is -4.66. The molecule has 2 aliphatic rings. The standard InChI is InChI=1S/C19H20F3N5O/c1-10-8-13-15(14(28)9-10)16(11-4-6-12(7-5-11)26(2)3)27-18(23-13)24-17(25-27)19(20,21)22/h4-7,10,16H,8-9H2,1-3H3,(H,23,24,25)/t10-,16-/m1/s1. The lowest BCUT2D eigenvalue weighted by molar-refractivity contribution is -0.145. The molecule has 0 bridgehead atoms. The number of carbonyl (C=O) groups is 1. The third kappa shape index (κ3) is 3.04. The van der Waals surface area contributed by atoms with Gasteiger partial charge >= 0.3 is 6.18 Å². The summed E-state index contributed by atoms with van der Waals surface area (Å²) in [5.41, 5.74) is 2.76. The lowest BCUT2D eigenvalue weighted by Crippen LogP contribution is -2.33. The second-order valence-corrected chi connectivity index (χ2v) is 7.54. The summed E-state index contributed by atoms with van der Waals surface area (Å²) in [5, 5.41) is 6.62. The topological polar surface area (TPSA) is 63.1 Å². The van der Waals surface area contributed by atoms with Crippen molar-refractivity contribution in [1.82, 2.24) is 14.8 Å². The Labute approximate surface area is 160 Å². The zero-order chi connectivity index (χ0) is 20.2. The molecule has 1 aliphatic carbocycles. The van der Waals surface area contributed by atoms with E-state index in [4.69, 9.17) is 0 Å². The number of nitrogens with zero attached hydrogens (tertiary/aromatic N) is 4. The number of alkyl halides is 3. The van der Waals surface area contributed by atoms with Gasteiger partial charge in [-0.3, -0.25) is 4.79 Å². The number of Topliss-reactive ketones (excluding diaryl/α,β-unsaturated/α-hetero) is 1. The highest BCUT2D eigenvalue weighted by Crippen LogP contribution is 2.42. The van der Waals surface area contributed by atoms with Crippen molar-refractivity contribution in [3.05, 3.63) is 46.9 Å². The molecule has 6 nitrogen and oxygen atoms in total. The zero-order valence-electron chi connectivity index (χ0n) is 15.7. The molecule has 1 N–H and O–H groups in total. The Morgan fingerprint density at radius 3 is 2.46 bits per heavy atom. The number of ketones is 1.